The average molecular weight is 294 g/mol. The summed E-state index contributed by atoms with van der Waals surface area (Å²) in [4.78, 5) is 0.961. The lowest BCUT2D eigenvalue weighted by molar-refractivity contribution is 0.193. The first-order valence-electron chi connectivity index (χ1n) is 6.31. The van der Waals surface area contributed by atoms with Crippen molar-refractivity contribution in [1.29, 1.82) is 0 Å². The Kier molecular flexibility index (Phi) is 4.78. The van der Waals surface area contributed by atoms with Crippen LogP contribution in [0.15, 0.2) is 41.3 Å². The van der Waals surface area contributed by atoms with Gasteiger partial charge in [0.15, 0.2) is 0 Å². The predicted octanol–water partition coefficient (Wildman–Crippen LogP) is 4.41. The fourth-order valence-corrected chi connectivity index (χ4v) is 2.72. The maximum Gasteiger partial charge on any atom is 0.134 e. The smallest absolute Gasteiger partial charge is 0.134 e. The Morgan fingerprint density at radius 3 is 2.35 bits per heavy atom. The van der Waals surface area contributed by atoms with Gasteiger partial charge in [0.1, 0.15) is 11.6 Å². The van der Waals surface area contributed by atoms with E-state index in [4.69, 9.17) is 0 Å². The third kappa shape index (κ3) is 3.38. The Hall–Kier alpha value is -1.39. The molecule has 4 heteroatoms. The van der Waals surface area contributed by atoms with Gasteiger partial charge in [0.05, 0.1) is 11.7 Å². The molecule has 2 rings (SSSR count). The highest BCUT2D eigenvalue weighted by atomic mass is 32.2. The van der Waals surface area contributed by atoms with Gasteiger partial charge in [-0.1, -0.05) is 23.8 Å². The average Bonchev–Trinajstić information content (AvgIpc) is 2.43. The van der Waals surface area contributed by atoms with Crippen LogP contribution in [0.3, 0.4) is 0 Å². The van der Waals surface area contributed by atoms with Crippen molar-refractivity contribution in [2.45, 2.75) is 24.8 Å². The van der Waals surface area contributed by atoms with Crippen LogP contribution in [-0.2, 0) is 0 Å². The summed E-state index contributed by atoms with van der Waals surface area (Å²) < 4.78 is 27.5. The largest absolute Gasteiger partial charge is 0.387 e. The first-order chi connectivity index (χ1) is 9.49. The third-order valence-corrected chi connectivity index (χ3v) is 4.17. The fourth-order valence-electron chi connectivity index (χ4n) is 1.88. The summed E-state index contributed by atoms with van der Waals surface area (Å²) in [5, 5.41) is 10.0. The van der Waals surface area contributed by atoms with Gasteiger partial charge in [-0.15, -0.1) is 11.8 Å². The summed E-state index contributed by atoms with van der Waals surface area (Å²) in [6, 6.07) is 10.3. The van der Waals surface area contributed by atoms with E-state index in [1.165, 1.54) is 23.9 Å². The van der Waals surface area contributed by atoms with Gasteiger partial charge in [0.2, 0.25) is 0 Å². The lowest BCUT2D eigenvalue weighted by atomic mass is 10.1. The Labute approximate surface area is 121 Å². The van der Waals surface area contributed by atoms with E-state index < -0.39 is 17.7 Å². The lowest BCUT2D eigenvalue weighted by Gasteiger charge is -2.14. The zero-order valence-electron chi connectivity index (χ0n) is 11.4. The molecule has 0 heterocycles. The highest BCUT2D eigenvalue weighted by Crippen LogP contribution is 2.29. The van der Waals surface area contributed by atoms with Gasteiger partial charge in [0, 0.05) is 10.6 Å². The molecule has 0 bridgehead atoms. The lowest BCUT2D eigenvalue weighted by Crippen LogP contribution is -2.08. The summed E-state index contributed by atoms with van der Waals surface area (Å²) in [6.07, 6.45) is -1.17. The van der Waals surface area contributed by atoms with Crippen molar-refractivity contribution >= 4 is 11.8 Å². The highest BCUT2D eigenvalue weighted by molar-refractivity contribution is 7.99. The summed E-state index contributed by atoms with van der Waals surface area (Å²) in [6.45, 7) is 3.54. The number of thioether (sulfide) groups is 1. The predicted molar refractivity (Wildman–Crippen MR) is 78.0 cm³/mol. The number of hydrogen-bond donors (Lipinski definition) is 1. The third-order valence-electron chi connectivity index (χ3n) is 3.08. The number of aryl methyl sites for hydroxylation is 2. The molecule has 0 aliphatic rings. The van der Waals surface area contributed by atoms with Crippen LogP contribution >= 0.6 is 11.8 Å². The second-order valence-electron chi connectivity index (χ2n) is 4.73. The minimum Gasteiger partial charge on any atom is -0.387 e. The van der Waals surface area contributed by atoms with E-state index in [1.807, 2.05) is 31.2 Å². The molecule has 1 nitrogen and oxygen atoms in total. The van der Waals surface area contributed by atoms with Crippen LogP contribution in [0.5, 0.6) is 0 Å². The van der Waals surface area contributed by atoms with E-state index in [2.05, 4.69) is 0 Å². The van der Waals surface area contributed by atoms with Crippen molar-refractivity contribution in [2.75, 3.05) is 5.75 Å². The van der Waals surface area contributed by atoms with E-state index in [-0.39, 0.29) is 11.3 Å². The monoisotopic (exact) mass is 294 g/mol. The van der Waals surface area contributed by atoms with E-state index in [0.29, 0.717) is 5.56 Å². The Morgan fingerprint density at radius 2 is 1.70 bits per heavy atom. The van der Waals surface area contributed by atoms with Crippen molar-refractivity contribution < 1.29 is 13.9 Å². The molecule has 0 spiro atoms. The van der Waals surface area contributed by atoms with E-state index in [0.717, 1.165) is 10.5 Å². The van der Waals surface area contributed by atoms with Crippen LogP contribution in [0.25, 0.3) is 0 Å². The minimum atomic E-state index is -1.17. The number of halogens is 2. The molecule has 0 fully saturated rings. The van der Waals surface area contributed by atoms with Gasteiger partial charge >= 0.3 is 0 Å². The SMILES string of the molecule is Cc1ccc(SCC(O)c2c(F)ccc(C)c2F)cc1. The van der Waals surface area contributed by atoms with Crippen LogP contribution in [0.2, 0.25) is 0 Å². The van der Waals surface area contributed by atoms with Crippen LogP contribution in [0.4, 0.5) is 8.78 Å². The zero-order valence-corrected chi connectivity index (χ0v) is 12.2. The van der Waals surface area contributed by atoms with Crippen LogP contribution in [-0.4, -0.2) is 10.9 Å². The summed E-state index contributed by atoms with van der Waals surface area (Å²) in [7, 11) is 0. The molecule has 0 aliphatic carbocycles. The molecule has 0 aromatic heterocycles. The summed E-state index contributed by atoms with van der Waals surface area (Å²) >= 11 is 1.37. The molecule has 1 N–H and O–H groups in total. The van der Waals surface area contributed by atoms with E-state index in [9.17, 15) is 13.9 Å². The molecule has 2 aromatic carbocycles. The van der Waals surface area contributed by atoms with Gasteiger partial charge in [0.25, 0.3) is 0 Å². The van der Waals surface area contributed by atoms with Crippen molar-refractivity contribution in [2.24, 2.45) is 0 Å². The zero-order chi connectivity index (χ0) is 14.7. The molecule has 0 radical (unpaired) electrons. The van der Waals surface area contributed by atoms with Gasteiger partial charge in [-0.25, -0.2) is 8.78 Å². The van der Waals surface area contributed by atoms with E-state index >= 15 is 0 Å². The van der Waals surface area contributed by atoms with Gasteiger partial charge in [-0.05, 0) is 37.6 Å². The maximum absolute atomic E-state index is 13.9. The summed E-state index contributed by atoms with van der Waals surface area (Å²) in [5.74, 6) is -1.16. The molecule has 1 atom stereocenters. The number of aliphatic hydroxyl groups is 1. The normalized spacial score (nSPS) is 12.4. The maximum atomic E-state index is 13.9. The molecule has 0 aliphatic heterocycles. The molecule has 20 heavy (non-hydrogen) atoms. The molecule has 106 valence electrons. The Bertz CT molecular complexity index is 596. The first-order valence-corrected chi connectivity index (χ1v) is 7.29. The van der Waals surface area contributed by atoms with Gasteiger partial charge in [-0.3, -0.25) is 0 Å². The second-order valence-corrected chi connectivity index (χ2v) is 5.83. The molecule has 2 aromatic rings. The molecule has 0 saturated carbocycles. The Morgan fingerprint density at radius 1 is 1.05 bits per heavy atom. The molecular formula is C16H16F2OS. The van der Waals surface area contributed by atoms with Gasteiger partial charge in [-0.2, -0.15) is 0 Å². The number of hydrogen-bond acceptors (Lipinski definition) is 2. The number of rotatable bonds is 4. The highest BCUT2D eigenvalue weighted by Gasteiger charge is 2.19. The standard InChI is InChI=1S/C16H16F2OS/c1-10-3-6-12(7-4-10)20-9-14(19)15-13(17)8-5-11(2)16(15)18/h3-8,14,19H,9H2,1-2H3. The number of benzene rings is 2. The molecule has 0 amide bonds. The van der Waals surface area contributed by atoms with Crippen LogP contribution < -0.4 is 0 Å². The second kappa shape index (κ2) is 6.37. The molecule has 1 unspecified atom stereocenters. The quantitative estimate of drug-likeness (QED) is 0.843. The summed E-state index contributed by atoms with van der Waals surface area (Å²) in [5.41, 5.74) is 1.23. The first kappa shape index (κ1) is 15.0. The molecular weight excluding hydrogens is 278 g/mol. The van der Waals surface area contributed by atoms with Crippen LogP contribution in [0.1, 0.15) is 22.8 Å². The van der Waals surface area contributed by atoms with Crippen molar-refractivity contribution in [3.05, 3.63) is 64.7 Å². The minimum absolute atomic E-state index is 0.209. The van der Waals surface area contributed by atoms with Crippen molar-refractivity contribution in [1.82, 2.24) is 0 Å². The van der Waals surface area contributed by atoms with Crippen molar-refractivity contribution in [3.63, 3.8) is 0 Å². The van der Waals surface area contributed by atoms with E-state index in [1.54, 1.807) is 6.92 Å². The number of aliphatic hydroxyl groups excluding tert-OH is 1. The topological polar surface area (TPSA) is 20.2 Å². The van der Waals surface area contributed by atoms with Gasteiger partial charge < -0.3 is 5.11 Å². The fraction of sp³-hybridized carbons (Fsp3) is 0.250. The van der Waals surface area contributed by atoms with Crippen molar-refractivity contribution in [3.8, 4) is 0 Å². The van der Waals surface area contributed by atoms with Crippen LogP contribution in [0, 0.1) is 25.5 Å². The molecule has 0 saturated heterocycles. The Balaban J connectivity index is 2.11.